The summed E-state index contributed by atoms with van der Waals surface area (Å²) < 4.78 is 3.12. The number of hydrogen-bond acceptors (Lipinski definition) is 5. The maximum Gasteiger partial charge on any atom is 1.00 e. The third-order valence-electron chi connectivity index (χ3n) is 4.09. The third-order valence-corrected chi connectivity index (χ3v) is 4.09. The minimum absolute atomic E-state index is 0. The van der Waals surface area contributed by atoms with E-state index in [1.807, 2.05) is 12.1 Å². The normalized spacial score (nSPS) is 13.8. The first-order valence-corrected chi connectivity index (χ1v) is 7.95. The molecule has 8 nitrogen and oxygen atoms in total. The van der Waals surface area contributed by atoms with E-state index in [9.17, 15) is 4.79 Å². The van der Waals surface area contributed by atoms with Crippen LogP contribution < -0.4 is 62.3 Å². The van der Waals surface area contributed by atoms with E-state index in [-0.39, 0.29) is 56.9 Å². The van der Waals surface area contributed by atoms with Gasteiger partial charge in [-0.1, -0.05) is 12.8 Å². The van der Waals surface area contributed by atoms with E-state index in [4.69, 9.17) is 5.73 Å². The van der Waals surface area contributed by atoms with Crippen molar-refractivity contribution in [3.8, 4) is 5.69 Å². The minimum Gasteiger partial charge on any atom is -0.680 e. The Hall–Kier alpha value is -1.10. The van der Waals surface area contributed by atoms with Gasteiger partial charge >= 0.3 is 56.9 Å². The van der Waals surface area contributed by atoms with Gasteiger partial charge in [0.25, 0.3) is 0 Å². The van der Waals surface area contributed by atoms with E-state index in [0.717, 1.165) is 5.82 Å². The Morgan fingerprint density at radius 3 is 2.64 bits per heavy atom. The number of nitrogens with zero attached hydrogens (tertiary/aromatic N) is 5. The van der Waals surface area contributed by atoms with Crippen LogP contribution in [-0.4, -0.2) is 37.2 Å². The van der Waals surface area contributed by atoms with Crippen molar-refractivity contribution >= 4 is 11.5 Å². The SMILES string of the molecule is C[NH-].O=c1c2nncn2ccn1-c1ccc(NC2CCCC2)nc1.[K+]. The Morgan fingerprint density at radius 1 is 1.20 bits per heavy atom. The van der Waals surface area contributed by atoms with Crippen LogP contribution >= 0.6 is 0 Å². The van der Waals surface area contributed by atoms with E-state index < -0.39 is 0 Å². The van der Waals surface area contributed by atoms with Gasteiger partial charge in [-0.15, -0.1) is 10.2 Å². The standard InChI is InChI=1S/C15H16N6O.CH4N.K/c22-15-14-19-17-10-20(14)7-8-21(15)12-5-6-13(16-9-12)18-11-3-1-2-4-11;1-2;/h5-11H,1-4H2,(H,16,18);2H,1H3;/q;-1;+1. The topological polar surface area (TPSA) is 101 Å². The van der Waals surface area contributed by atoms with Crippen molar-refractivity contribution < 1.29 is 51.4 Å². The van der Waals surface area contributed by atoms with Crippen molar-refractivity contribution in [2.24, 2.45) is 0 Å². The molecule has 0 spiro atoms. The van der Waals surface area contributed by atoms with Crippen molar-refractivity contribution in [1.29, 1.82) is 0 Å². The summed E-state index contributed by atoms with van der Waals surface area (Å²) in [4.78, 5) is 16.8. The molecule has 0 saturated heterocycles. The van der Waals surface area contributed by atoms with Gasteiger partial charge in [0, 0.05) is 18.4 Å². The molecule has 1 aliphatic carbocycles. The molecule has 0 radical (unpaired) electrons. The molecule has 1 aliphatic rings. The molecule has 0 bridgehead atoms. The average molecular weight is 365 g/mol. The number of fused-ring (bicyclic) bond motifs is 1. The Bertz CT molecular complexity index is 853. The number of aromatic nitrogens is 5. The summed E-state index contributed by atoms with van der Waals surface area (Å²) >= 11 is 0. The molecule has 3 aromatic rings. The summed E-state index contributed by atoms with van der Waals surface area (Å²) in [6.07, 6.45) is 11.6. The van der Waals surface area contributed by atoms with Crippen molar-refractivity contribution in [3.05, 3.63) is 53.1 Å². The van der Waals surface area contributed by atoms with E-state index >= 15 is 0 Å². The molecule has 0 aliphatic heterocycles. The smallest absolute Gasteiger partial charge is 0.680 e. The first-order chi connectivity index (χ1) is 11.8. The van der Waals surface area contributed by atoms with Gasteiger partial charge in [0.05, 0.1) is 11.9 Å². The number of rotatable bonds is 3. The van der Waals surface area contributed by atoms with Crippen LogP contribution in [0.3, 0.4) is 0 Å². The molecular formula is C16H20KN7O. The van der Waals surface area contributed by atoms with Crippen molar-refractivity contribution in [2.75, 3.05) is 12.4 Å². The predicted molar refractivity (Wildman–Crippen MR) is 92.5 cm³/mol. The van der Waals surface area contributed by atoms with Gasteiger partial charge in [-0.3, -0.25) is 13.8 Å². The van der Waals surface area contributed by atoms with Crippen LogP contribution in [0.15, 0.2) is 41.8 Å². The van der Waals surface area contributed by atoms with Crippen LogP contribution in [-0.2, 0) is 0 Å². The number of pyridine rings is 1. The average Bonchev–Trinajstić information content (AvgIpc) is 3.30. The third kappa shape index (κ3) is 4.55. The van der Waals surface area contributed by atoms with Crippen LogP contribution in [0.4, 0.5) is 5.82 Å². The number of anilines is 1. The van der Waals surface area contributed by atoms with Crippen molar-refractivity contribution in [2.45, 2.75) is 31.7 Å². The van der Waals surface area contributed by atoms with Crippen LogP contribution in [0, 0.1) is 0 Å². The molecule has 4 rings (SSSR count). The molecule has 1 fully saturated rings. The fraction of sp³-hybridized carbons (Fsp3) is 0.375. The molecule has 1 saturated carbocycles. The minimum atomic E-state index is -0.210. The quantitative estimate of drug-likeness (QED) is 0.619. The van der Waals surface area contributed by atoms with Gasteiger partial charge in [-0.2, -0.15) is 7.05 Å². The molecule has 3 heterocycles. The van der Waals surface area contributed by atoms with Crippen LogP contribution in [0.2, 0.25) is 0 Å². The first-order valence-electron chi connectivity index (χ1n) is 7.95. The summed E-state index contributed by atoms with van der Waals surface area (Å²) in [7, 11) is 1.25. The summed E-state index contributed by atoms with van der Waals surface area (Å²) in [5.41, 5.74) is 6.56. The van der Waals surface area contributed by atoms with Crippen LogP contribution in [0.5, 0.6) is 0 Å². The van der Waals surface area contributed by atoms with E-state index in [2.05, 4.69) is 20.5 Å². The first kappa shape index (κ1) is 20.2. The monoisotopic (exact) mass is 365 g/mol. The zero-order valence-electron chi connectivity index (χ0n) is 14.5. The van der Waals surface area contributed by atoms with E-state index in [1.165, 1.54) is 43.6 Å². The van der Waals surface area contributed by atoms with Crippen LogP contribution in [0.1, 0.15) is 25.7 Å². The fourth-order valence-corrected chi connectivity index (χ4v) is 2.92. The second-order valence-corrected chi connectivity index (χ2v) is 5.56. The molecule has 0 aromatic carbocycles. The fourth-order valence-electron chi connectivity index (χ4n) is 2.92. The summed E-state index contributed by atoms with van der Waals surface area (Å²) in [5.74, 6) is 0.854. The van der Waals surface area contributed by atoms with Gasteiger partial charge in [-0.05, 0) is 25.0 Å². The maximum atomic E-state index is 12.3. The Balaban J connectivity index is 0.000000726. The van der Waals surface area contributed by atoms with Gasteiger partial charge in [0.2, 0.25) is 5.65 Å². The molecule has 0 atom stereocenters. The largest absolute Gasteiger partial charge is 1.00 e. The van der Waals surface area contributed by atoms with E-state index in [0.29, 0.717) is 17.4 Å². The molecule has 0 amide bonds. The second kappa shape index (κ2) is 9.55. The molecule has 0 unspecified atom stereocenters. The molecule has 9 heteroatoms. The Labute approximate surface area is 188 Å². The maximum absolute atomic E-state index is 12.3. The van der Waals surface area contributed by atoms with Gasteiger partial charge in [0.15, 0.2) is 0 Å². The molecule has 3 aromatic heterocycles. The van der Waals surface area contributed by atoms with E-state index in [1.54, 1.807) is 23.0 Å². The zero-order valence-corrected chi connectivity index (χ0v) is 17.6. The molecule has 25 heavy (non-hydrogen) atoms. The number of nitrogens with one attached hydrogen (secondary N) is 2. The van der Waals surface area contributed by atoms with Crippen LogP contribution in [0.25, 0.3) is 17.1 Å². The molecule has 2 N–H and O–H groups in total. The van der Waals surface area contributed by atoms with Gasteiger partial charge < -0.3 is 11.1 Å². The zero-order chi connectivity index (χ0) is 16.9. The Kier molecular flexibility index (Phi) is 7.72. The summed E-state index contributed by atoms with van der Waals surface area (Å²) in [5, 5.41) is 11.0. The van der Waals surface area contributed by atoms with Gasteiger partial charge in [0.1, 0.15) is 12.1 Å². The summed E-state index contributed by atoms with van der Waals surface area (Å²) in [6.45, 7) is 0. The molecular weight excluding hydrogens is 345 g/mol. The molecule has 126 valence electrons. The van der Waals surface area contributed by atoms with Gasteiger partial charge in [-0.25, -0.2) is 4.98 Å². The predicted octanol–water partition coefficient (Wildman–Crippen LogP) is -0.698. The Morgan fingerprint density at radius 2 is 1.96 bits per heavy atom. The second-order valence-electron chi connectivity index (χ2n) is 5.56. The van der Waals surface area contributed by atoms with Crippen molar-refractivity contribution in [1.82, 2.24) is 24.1 Å². The summed E-state index contributed by atoms with van der Waals surface area (Å²) in [6, 6.07) is 4.32. The number of hydrogen-bond donors (Lipinski definition) is 1. The van der Waals surface area contributed by atoms with Crippen molar-refractivity contribution in [3.63, 3.8) is 0 Å².